The zero-order valence-electron chi connectivity index (χ0n) is 15.9. The fraction of sp³-hybridized carbons (Fsp3) is 0.611. The molecule has 1 saturated heterocycles. The number of likely N-dealkylation sites (tertiary alicyclic amines) is 1. The van der Waals surface area contributed by atoms with Gasteiger partial charge in [0, 0.05) is 50.8 Å². The van der Waals surface area contributed by atoms with E-state index in [2.05, 4.69) is 19.9 Å². The van der Waals surface area contributed by atoms with Crippen LogP contribution >= 0.6 is 24.0 Å². The maximum absolute atomic E-state index is 12.7. The first-order valence-corrected chi connectivity index (χ1v) is 8.72. The largest absolute Gasteiger partial charge is 0.497 e. The minimum absolute atomic E-state index is 0. The molecule has 1 aromatic rings. The summed E-state index contributed by atoms with van der Waals surface area (Å²) in [5.41, 5.74) is 0.609. The maximum atomic E-state index is 12.7. The molecule has 0 amide bonds. The second-order valence-corrected chi connectivity index (χ2v) is 6.01. The van der Waals surface area contributed by atoms with Gasteiger partial charge in [-0.2, -0.15) is 8.78 Å². The van der Waals surface area contributed by atoms with Crippen LogP contribution in [-0.2, 0) is 11.3 Å². The van der Waals surface area contributed by atoms with Crippen LogP contribution in [0.5, 0.6) is 11.5 Å². The fourth-order valence-corrected chi connectivity index (χ4v) is 2.97. The summed E-state index contributed by atoms with van der Waals surface area (Å²) >= 11 is 0. The number of guanidine groups is 1. The summed E-state index contributed by atoms with van der Waals surface area (Å²) in [5, 5.41) is 3.22. The Morgan fingerprint density at radius 3 is 2.81 bits per heavy atom. The van der Waals surface area contributed by atoms with Crippen molar-refractivity contribution in [1.29, 1.82) is 0 Å². The lowest BCUT2D eigenvalue weighted by Crippen LogP contribution is -2.40. The highest BCUT2D eigenvalue weighted by molar-refractivity contribution is 14.0. The number of nitrogens with zero attached hydrogens (tertiary/aromatic N) is 2. The van der Waals surface area contributed by atoms with E-state index in [0.717, 1.165) is 32.1 Å². The van der Waals surface area contributed by atoms with Crippen molar-refractivity contribution >= 4 is 29.9 Å². The Kier molecular flexibility index (Phi) is 10.7. The zero-order chi connectivity index (χ0) is 18.9. The molecule has 0 aromatic heterocycles. The van der Waals surface area contributed by atoms with Crippen LogP contribution in [0.2, 0.25) is 0 Å². The van der Waals surface area contributed by atoms with E-state index in [9.17, 15) is 8.78 Å². The first kappa shape index (κ1) is 23.7. The number of rotatable bonds is 8. The van der Waals surface area contributed by atoms with Gasteiger partial charge >= 0.3 is 6.61 Å². The van der Waals surface area contributed by atoms with E-state index in [1.165, 1.54) is 13.2 Å². The van der Waals surface area contributed by atoms with E-state index in [1.54, 1.807) is 19.2 Å². The van der Waals surface area contributed by atoms with Crippen molar-refractivity contribution in [1.82, 2.24) is 10.2 Å². The molecule has 9 heteroatoms. The molecule has 0 spiro atoms. The van der Waals surface area contributed by atoms with Crippen molar-refractivity contribution in [3.8, 4) is 11.5 Å². The predicted octanol–water partition coefficient (Wildman–Crippen LogP) is 3.35. The number of alkyl halides is 2. The van der Waals surface area contributed by atoms with Crippen molar-refractivity contribution in [2.24, 2.45) is 10.9 Å². The quantitative estimate of drug-likeness (QED) is 0.338. The Balaban J connectivity index is 0.00000364. The number of halogens is 3. The SMILES string of the molecule is CCOCC1CCN(C(=NC)NCc2ccc(OC)cc2OC(F)F)C1.I. The second-order valence-electron chi connectivity index (χ2n) is 6.01. The average molecular weight is 499 g/mol. The summed E-state index contributed by atoms with van der Waals surface area (Å²) in [6, 6.07) is 4.88. The molecule has 0 saturated carbocycles. The van der Waals surface area contributed by atoms with Gasteiger partial charge in [-0.1, -0.05) is 0 Å². The van der Waals surface area contributed by atoms with Gasteiger partial charge in [0.15, 0.2) is 5.96 Å². The normalized spacial score (nSPS) is 17.0. The summed E-state index contributed by atoms with van der Waals surface area (Å²) in [6.07, 6.45) is 1.04. The van der Waals surface area contributed by atoms with Crippen molar-refractivity contribution < 1.29 is 23.0 Å². The van der Waals surface area contributed by atoms with Gasteiger partial charge in [-0.3, -0.25) is 4.99 Å². The summed E-state index contributed by atoms with van der Waals surface area (Å²) < 4.78 is 40.5. The number of benzene rings is 1. The number of nitrogens with one attached hydrogen (secondary N) is 1. The van der Waals surface area contributed by atoms with Crippen LogP contribution < -0.4 is 14.8 Å². The van der Waals surface area contributed by atoms with Crippen LogP contribution in [0.4, 0.5) is 8.78 Å². The minimum Gasteiger partial charge on any atom is -0.497 e. The van der Waals surface area contributed by atoms with Gasteiger partial charge in [-0.05, 0) is 25.5 Å². The van der Waals surface area contributed by atoms with E-state index < -0.39 is 6.61 Å². The number of ether oxygens (including phenoxy) is 3. The van der Waals surface area contributed by atoms with Gasteiger partial charge in [0.05, 0.1) is 13.7 Å². The minimum atomic E-state index is -2.89. The Labute approximate surface area is 176 Å². The molecular weight excluding hydrogens is 471 g/mol. The summed E-state index contributed by atoms with van der Waals surface area (Å²) in [5.74, 6) is 1.78. The molecule has 0 bridgehead atoms. The molecule has 0 radical (unpaired) electrons. The van der Waals surface area contributed by atoms with Crippen molar-refractivity contribution in [3.63, 3.8) is 0 Å². The van der Waals surface area contributed by atoms with E-state index in [-0.39, 0.29) is 29.7 Å². The smallest absolute Gasteiger partial charge is 0.387 e. The standard InChI is InChI=1S/C18H27F2N3O3.HI/c1-4-25-12-13-7-8-23(11-13)18(21-2)22-10-14-5-6-15(24-3)9-16(14)26-17(19)20;/h5-6,9,13,17H,4,7-8,10-12H2,1-3H3,(H,21,22);1H. The van der Waals surface area contributed by atoms with Gasteiger partial charge in [-0.25, -0.2) is 0 Å². The molecule has 0 aliphatic carbocycles. The highest BCUT2D eigenvalue weighted by atomic mass is 127. The number of hydrogen-bond donors (Lipinski definition) is 1. The lowest BCUT2D eigenvalue weighted by molar-refractivity contribution is -0.0505. The third-order valence-corrected chi connectivity index (χ3v) is 4.28. The molecule has 1 atom stereocenters. The molecule has 1 aromatic carbocycles. The van der Waals surface area contributed by atoms with E-state index in [0.29, 0.717) is 30.4 Å². The average Bonchev–Trinajstić information content (AvgIpc) is 3.09. The topological polar surface area (TPSA) is 55.3 Å². The molecule has 6 nitrogen and oxygen atoms in total. The van der Waals surface area contributed by atoms with Crippen molar-refractivity contribution in [2.75, 3.05) is 40.5 Å². The fourth-order valence-electron chi connectivity index (χ4n) is 2.97. The monoisotopic (exact) mass is 499 g/mol. The maximum Gasteiger partial charge on any atom is 0.387 e. The van der Waals surface area contributed by atoms with Crippen LogP contribution in [0.15, 0.2) is 23.2 Å². The summed E-state index contributed by atoms with van der Waals surface area (Å²) in [6.45, 7) is 2.64. The zero-order valence-corrected chi connectivity index (χ0v) is 18.2. The molecule has 1 heterocycles. The summed E-state index contributed by atoms with van der Waals surface area (Å²) in [7, 11) is 3.19. The molecule has 1 fully saturated rings. The molecule has 1 aliphatic heterocycles. The Morgan fingerprint density at radius 2 is 2.19 bits per heavy atom. The van der Waals surface area contributed by atoms with Gasteiger partial charge < -0.3 is 24.4 Å². The molecule has 27 heavy (non-hydrogen) atoms. The molecular formula is C18H28F2IN3O3. The van der Waals surface area contributed by atoms with Gasteiger partial charge in [0.2, 0.25) is 0 Å². The van der Waals surface area contributed by atoms with Gasteiger partial charge in [0.25, 0.3) is 0 Å². The van der Waals surface area contributed by atoms with E-state index >= 15 is 0 Å². The Morgan fingerprint density at radius 1 is 1.41 bits per heavy atom. The van der Waals surface area contributed by atoms with E-state index in [4.69, 9.17) is 9.47 Å². The predicted molar refractivity (Wildman–Crippen MR) is 111 cm³/mol. The van der Waals surface area contributed by atoms with Crippen molar-refractivity contribution in [2.45, 2.75) is 26.5 Å². The van der Waals surface area contributed by atoms with Crippen LogP contribution in [0.1, 0.15) is 18.9 Å². The Bertz CT molecular complexity index is 605. The molecule has 154 valence electrons. The van der Waals surface area contributed by atoms with Crippen LogP contribution in [0, 0.1) is 5.92 Å². The van der Waals surface area contributed by atoms with Gasteiger partial charge in [0.1, 0.15) is 11.5 Å². The highest BCUT2D eigenvalue weighted by Crippen LogP contribution is 2.26. The molecule has 1 N–H and O–H groups in total. The summed E-state index contributed by atoms with van der Waals surface area (Å²) in [4.78, 5) is 6.45. The second kappa shape index (κ2) is 12.2. The van der Waals surface area contributed by atoms with E-state index in [1.807, 2.05) is 6.92 Å². The first-order valence-electron chi connectivity index (χ1n) is 8.72. The lowest BCUT2D eigenvalue weighted by Gasteiger charge is -2.22. The van der Waals surface area contributed by atoms with Gasteiger partial charge in [-0.15, -0.1) is 24.0 Å². The van der Waals surface area contributed by atoms with Crippen LogP contribution in [0.25, 0.3) is 0 Å². The lowest BCUT2D eigenvalue weighted by atomic mass is 10.1. The number of aliphatic imine (C=N–C) groups is 1. The molecule has 1 aliphatic rings. The van der Waals surface area contributed by atoms with Crippen LogP contribution in [0.3, 0.4) is 0 Å². The van der Waals surface area contributed by atoms with Crippen LogP contribution in [-0.4, -0.2) is 57.9 Å². The third kappa shape index (κ3) is 7.28. The number of methoxy groups -OCH3 is 1. The number of hydrogen-bond acceptors (Lipinski definition) is 4. The molecule has 1 unspecified atom stereocenters. The molecule has 2 rings (SSSR count). The third-order valence-electron chi connectivity index (χ3n) is 4.28. The first-order chi connectivity index (χ1) is 12.6. The highest BCUT2D eigenvalue weighted by Gasteiger charge is 2.25. The van der Waals surface area contributed by atoms with Crippen molar-refractivity contribution in [3.05, 3.63) is 23.8 Å². The Hall–Kier alpha value is -1.36.